The molecule has 1 aliphatic rings. The molecule has 2 heterocycles. The predicted molar refractivity (Wildman–Crippen MR) is 92.0 cm³/mol. The van der Waals surface area contributed by atoms with Gasteiger partial charge < -0.3 is 5.32 Å². The Morgan fingerprint density at radius 3 is 2.70 bits per heavy atom. The maximum atomic E-state index is 6.42. The number of nitrogens with one attached hydrogen (secondary N) is 1. The van der Waals surface area contributed by atoms with Crippen molar-refractivity contribution in [1.29, 1.82) is 0 Å². The van der Waals surface area contributed by atoms with E-state index < -0.39 is 0 Å². The average molecular weight is 345 g/mol. The van der Waals surface area contributed by atoms with E-state index in [1.165, 1.54) is 5.56 Å². The summed E-state index contributed by atoms with van der Waals surface area (Å²) in [5, 5.41) is 9.08. The number of anilines is 1. The van der Waals surface area contributed by atoms with Crippen molar-refractivity contribution in [2.24, 2.45) is 0 Å². The summed E-state index contributed by atoms with van der Waals surface area (Å²) >= 11 is 12.5. The summed E-state index contributed by atoms with van der Waals surface area (Å²) in [5.74, 6) is 0.751. The van der Waals surface area contributed by atoms with Gasteiger partial charge in [-0.1, -0.05) is 59.6 Å². The normalized spacial score (nSPS) is 19.9. The molecule has 0 aliphatic carbocycles. The van der Waals surface area contributed by atoms with E-state index in [-0.39, 0.29) is 12.1 Å². The lowest BCUT2D eigenvalue weighted by Gasteiger charge is -2.32. The van der Waals surface area contributed by atoms with Crippen LogP contribution in [-0.2, 0) is 0 Å². The van der Waals surface area contributed by atoms with Crippen LogP contribution in [0.15, 0.2) is 54.9 Å². The summed E-state index contributed by atoms with van der Waals surface area (Å²) in [6.45, 7) is 0. The molecule has 23 heavy (non-hydrogen) atoms. The van der Waals surface area contributed by atoms with Crippen LogP contribution < -0.4 is 5.32 Å². The first kappa shape index (κ1) is 14.5. The van der Waals surface area contributed by atoms with Crippen molar-refractivity contribution in [2.75, 3.05) is 5.32 Å². The molecule has 3 aromatic rings. The van der Waals surface area contributed by atoms with Crippen LogP contribution >= 0.6 is 23.2 Å². The van der Waals surface area contributed by atoms with E-state index >= 15 is 0 Å². The molecule has 1 aromatic heterocycles. The fourth-order valence-electron chi connectivity index (χ4n) is 3.05. The maximum absolute atomic E-state index is 6.42. The van der Waals surface area contributed by atoms with Crippen molar-refractivity contribution < 1.29 is 0 Å². The van der Waals surface area contributed by atoms with Crippen LogP contribution in [0.5, 0.6) is 0 Å². The Kier molecular flexibility index (Phi) is 3.71. The Bertz CT molecular complexity index is 832. The second-order valence-corrected chi connectivity index (χ2v) is 6.40. The van der Waals surface area contributed by atoms with Crippen molar-refractivity contribution in [1.82, 2.24) is 14.8 Å². The first-order chi connectivity index (χ1) is 11.2. The standard InChI is InChI=1S/C17H14Cl2N4/c18-12-6-7-13(14(19)8-12)16-9-15(11-4-2-1-3-5-11)22-17-20-10-21-23(16)17/h1-8,10,15-16H,9H2,(H,20,21,22)/t15-,16+/m1/s1. The van der Waals surface area contributed by atoms with Crippen LogP contribution in [0.2, 0.25) is 10.0 Å². The lowest BCUT2D eigenvalue weighted by molar-refractivity contribution is 0.431. The molecule has 0 bridgehead atoms. The zero-order valence-electron chi connectivity index (χ0n) is 12.2. The van der Waals surface area contributed by atoms with Crippen molar-refractivity contribution in [2.45, 2.75) is 18.5 Å². The molecule has 0 unspecified atom stereocenters. The molecule has 6 heteroatoms. The van der Waals surface area contributed by atoms with Crippen molar-refractivity contribution in [3.63, 3.8) is 0 Å². The Balaban J connectivity index is 1.77. The number of fused-ring (bicyclic) bond motifs is 1. The highest BCUT2D eigenvalue weighted by atomic mass is 35.5. The molecule has 116 valence electrons. The van der Waals surface area contributed by atoms with Gasteiger partial charge in [-0.05, 0) is 29.7 Å². The number of nitrogens with zero attached hydrogens (tertiary/aromatic N) is 3. The summed E-state index contributed by atoms with van der Waals surface area (Å²) in [6.07, 6.45) is 2.40. The minimum absolute atomic E-state index is 0.0173. The van der Waals surface area contributed by atoms with Gasteiger partial charge in [0.15, 0.2) is 0 Å². The van der Waals surface area contributed by atoms with Gasteiger partial charge in [-0.15, -0.1) is 0 Å². The van der Waals surface area contributed by atoms with Gasteiger partial charge >= 0.3 is 0 Å². The second kappa shape index (κ2) is 5.87. The molecule has 1 N–H and O–H groups in total. The molecule has 0 saturated carbocycles. The number of hydrogen-bond donors (Lipinski definition) is 1. The topological polar surface area (TPSA) is 42.7 Å². The van der Waals surface area contributed by atoms with E-state index in [0.29, 0.717) is 10.0 Å². The minimum Gasteiger partial charge on any atom is -0.348 e. The molecule has 1 aliphatic heterocycles. The van der Waals surface area contributed by atoms with Gasteiger partial charge in [0.05, 0.1) is 12.1 Å². The second-order valence-electron chi connectivity index (χ2n) is 5.55. The molecule has 2 aromatic carbocycles. The summed E-state index contributed by atoms with van der Waals surface area (Å²) in [5.41, 5.74) is 2.22. The van der Waals surface area contributed by atoms with Gasteiger partial charge in [-0.25, -0.2) is 4.68 Å². The number of hydrogen-bond acceptors (Lipinski definition) is 3. The minimum atomic E-state index is 0.0173. The molecule has 0 radical (unpaired) electrons. The van der Waals surface area contributed by atoms with Crippen LogP contribution in [0.1, 0.15) is 29.6 Å². The lowest BCUT2D eigenvalue weighted by atomic mass is 9.93. The highest BCUT2D eigenvalue weighted by Crippen LogP contribution is 2.39. The van der Waals surface area contributed by atoms with E-state index in [1.807, 2.05) is 35.0 Å². The third-order valence-corrected chi connectivity index (χ3v) is 4.72. The Hall–Kier alpha value is -2.04. The summed E-state index contributed by atoms with van der Waals surface area (Å²) in [6, 6.07) is 16.1. The van der Waals surface area contributed by atoms with E-state index in [1.54, 1.807) is 12.4 Å². The zero-order valence-corrected chi connectivity index (χ0v) is 13.7. The smallest absolute Gasteiger partial charge is 0.222 e. The molecule has 0 amide bonds. The largest absolute Gasteiger partial charge is 0.348 e. The van der Waals surface area contributed by atoms with Crippen molar-refractivity contribution >= 4 is 29.2 Å². The molecule has 0 fully saturated rings. The molecule has 4 nitrogen and oxygen atoms in total. The van der Waals surface area contributed by atoms with Crippen LogP contribution in [0, 0.1) is 0 Å². The van der Waals surface area contributed by atoms with Gasteiger partial charge in [0.1, 0.15) is 6.33 Å². The van der Waals surface area contributed by atoms with Crippen LogP contribution in [0.4, 0.5) is 5.95 Å². The zero-order chi connectivity index (χ0) is 15.8. The van der Waals surface area contributed by atoms with Crippen LogP contribution in [0.3, 0.4) is 0 Å². The Morgan fingerprint density at radius 2 is 1.91 bits per heavy atom. The SMILES string of the molecule is Clc1ccc([C@@H]2C[C@H](c3ccccc3)Nc3ncnn32)c(Cl)c1. The summed E-state index contributed by atoms with van der Waals surface area (Å²) in [4.78, 5) is 4.33. The molecule has 4 rings (SSSR count). The lowest BCUT2D eigenvalue weighted by Crippen LogP contribution is -2.28. The van der Waals surface area contributed by atoms with Crippen molar-refractivity contribution in [3.8, 4) is 0 Å². The molecule has 0 spiro atoms. The van der Waals surface area contributed by atoms with Gasteiger partial charge in [-0.2, -0.15) is 10.1 Å². The highest BCUT2D eigenvalue weighted by molar-refractivity contribution is 6.35. The van der Waals surface area contributed by atoms with E-state index in [9.17, 15) is 0 Å². The quantitative estimate of drug-likeness (QED) is 0.730. The average Bonchev–Trinajstić information content (AvgIpc) is 3.03. The predicted octanol–water partition coefficient (Wildman–Crippen LogP) is 4.73. The first-order valence-corrected chi connectivity index (χ1v) is 8.14. The number of rotatable bonds is 2. The van der Waals surface area contributed by atoms with Crippen LogP contribution in [-0.4, -0.2) is 14.8 Å². The molecule has 0 saturated heterocycles. The molecule has 2 atom stereocenters. The van der Waals surface area contributed by atoms with Crippen LogP contribution in [0.25, 0.3) is 0 Å². The summed E-state index contributed by atoms with van der Waals surface area (Å²) < 4.78 is 1.88. The number of halogens is 2. The maximum Gasteiger partial charge on any atom is 0.222 e. The third-order valence-electron chi connectivity index (χ3n) is 4.15. The highest BCUT2D eigenvalue weighted by Gasteiger charge is 2.30. The monoisotopic (exact) mass is 344 g/mol. The van der Waals surface area contributed by atoms with E-state index in [4.69, 9.17) is 23.2 Å². The van der Waals surface area contributed by atoms with Gasteiger partial charge in [0.25, 0.3) is 0 Å². The molecular weight excluding hydrogens is 331 g/mol. The van der Waals surface area contributed by atoms with Gasteiger partial charge in [-0.3, -0.25) is 0 Å². The fraction of sp³-hybridized carbons (Fsp3) is 0.176. The summed E-state index contributed by atoms with van der Waals surface area (Å²) in [7, 11) is 0. The Morgan fingerprint density at radius 1 is 1.09 bits per heavy atom. The van der Waals surface area contributed by atoms with Gasteiger partial charge in [0.2, 0.25) is 5.95 Å². The van der Waals surface area contributed by atoms with E-state index in [2.05, 4.69) is 27.5 Å². The van der Waals surface area contributed by atoms with Crippen molar-refractivity contribution in [3.05, 3.63) is 76.0 Å². The van der Waals surface area contributed by atoms with Gasteiger partial charge in [0, 0.05) is 10.0 Å². The third kappa shape index (κ3) is 2.69. The molecular formula is C17H14Cl2N4. The van der Waals surface area contributed by atoms with E-state index in [0.717, 1.165) is 17.9 Å². The first-order valence-electron chi connectivity index (χ1n) is 7.38. The Labute approximate surface area is 144 Å². The number of aromatic nitrogens is 3. The number of benzene rings is 2. The fourth-order valence-corrected chi connectivity index (χ4v) is 3.59.